The lowest BCUT2D eigenvalue weighted by molar-refractivity contribution is 0.0984. The van der Waals surface area contributed by atoms with Gasteiger partial charge in [-0.15, -0.1) is 11.8 Å². The number of rotatable bonds is 3. The second-order valence-corrected chi connectivity index (χ2v) is 3.74. The molecule has 0 amide bonds. The first kappa shape index (κ1) is 12.1. The van der Waals surface area contributed by atoms with Gasteiger partial charge in [-0.25, -0.2) is 0 Å². The van der Waals surface area contributed by atoms with E-state index in [2.05, 4.69) is 11.8 Å². The molecule has 1 nitrogen and oxygen atoms in total. The SMILES string of the molecule is CC#CCCC(=O)c1cccc(Cl)c1Cl. The summed E-state index contributed by atoms with van der Waals surface area (Å²) in [5.41, 5.74) is 0.474. The lowest BCUT2D eigenvalue weighted by Gasteiger charge is -2.02. The highest BCUT2D eigenvalue weighted by molar-refractivity contribution is 6.43. The Kier molecular flexibility index (Phi) is 4.68. The number of benzene rings is 1. The van der Waals surface area contributed by atoms with E-state index in [1.807, 2.05) is 0 Å². The first-order chi connectivity index (χ1) is 7.16. The van der Waals surface area contributed by atoms with E-state index in [4.69, 9.17) is 23.2 Å². The fourth-order valence-electron chi connectivity index (χ4n) is 1.15. The summed E-state index contributed by atoms with van der Waals surface area (Å²) in [6.45, 7) is 1.75. The Labute approximate surface area is 99.4 Å². The Morgan fingerprint density at radius 3 is 2.80 bits per heavy atom. The molecule has 0 fully saturated rings. The standard InChI is InChI=1S/C12H10Cl2O/c1-2-3-4-8-11(15)9-6-5-7-10(13)12(9)14/h5-7H,4,8H2,1H3. The number of Topliss-reactive ketones (excluding diaryl/α,β-unsaturated/α-hetero) is 1. The molecule has 0 saturated carbocycles. The summed E-state index contributed by atoms with van der Waals surface area (Å²) < 4.78 is 0. The molecule has 0 bridgehead atoms. The fraction of sp³-hybridized carbons (Fsp3) is 0.250. The molecule has 3 heteroatoms. The molecule has 78 valence electrons. The molecule has 0 aliphatic heterocycles. The molecule has 0 aliphatic rings. The van der Waals surface area contributed by atoms with E-state index in [1.165, 1.54) is 0 Å². The number of ketones is 1. The minimum atomic E-state index is -0.0229. The van der Waals surface area contributed by atoms with Gasteiger partial charge in [0.2, 0.25) is 0 Å². The Morgan fingerprint density at radius 2 is 2.13 bits per heavy atom. The highest BCUT2D eigenvalue weighted by Gasteiger charge is 2.11. The summed E-state index contributed by atoms with van der Waals surface area (Å²) >= 11 is 11.7. The number of hydrogen-bond donors (Lipinski definition) is 0. The van der Waals surface area contributed by atoms with Crippen molar-refractivity contribution in [3.05, 3.63) is 33.8 Å². The highest BCUT2D eigenvalue weighted by Crippen LogP contribution is 2.26. The maximum absolute atomic E-state index is 11.7. The quantitative estimate of drug-likeness (QED) is 0.577. The lowest BCUT2D eigenvalue weighted by atomic mass is 10.1. The van der Waals surface area contributed by atoms with Gasteiger partial charge in [0.25, 0.3) is 0 Å². The summed E-state index contributed by atoms with van der Waals surface area (Å²) in [5.74, 6) is 5.55. The summed E-state index contributed by atoms with van der Waals surface area (Å²) in [4.78, 5) is 11.7. The maximum Gasteiger partial charge on any atom is 0.165 e. The molecule has 0 radical (unpaired) electrons. The van der Waals surface area contributed by atoms with Gasteiger partial charge in [0, 0.05) is 18.4 Å². The van der Waals surface area contributed by atoms with E-state index in [1.54, 1.807) is 25.1 Å². The van der Waals surface area contributed by atoms with Crippen molar-refractivity contribution in [1.82, 2.24) is 0 Å². The Bertz CT molecular complexity index is 427. The highest BCUT2D eigenvalue weighted by atomic mass is 35.5. The zero-order valence-corrected chi connectivity index (χ0v) is 9.82. The average Bonchev–Trinajstić information content (AvgIpc) is 2.22. The van der Waals surface area contributed by atoms with Gasteiger partial charge >= 0.3 is 0 Å². The van der Waals surface area contributed by atoms with E-state index in [9.17, 15) is 4.79 Å². The van der Waals surface area contributed by atoms with Crippen LogP contribution in [0.2, 0.25) is 10.0 Å². The van der Waals surface area contributed by atoms with Crippen LogP contribution in [0, 0.1) is 11.8 Å². The molecule has 0 saturated heterocycles. The van der Waals surface area contributed by atoms with Crippen LogP contribution in [0.15, 0.2) is 18.2 Å². The summed E-state index contributed by atoms with van der Waals surface area (Å²) in [6.07, 6.45) is 0.930. The monoisotopic (exact) mass is 240 g/mol. The van der Waals surface area contributed by atoms with Crippen LogP contribution in [0.1, 0.15) is 30.1 Å². The van der Waals surface area contributed by atoms with Gasteiger partial charge in [-0.2, -0.15) is 0 Å². The molecule has 0 spiro atoms. The van der Waals surface area contributed by atoms with Crippen molar-refractivity contribution in [2.24, 2.45) is 0 Å². The minimum absolute atomic E-state index is 0.0229. The average molecular weight is 241 g/mol. The summed E-state index contributed by atoms with van der Waals surface area (Å²) in [6, 6.07) is 5.05. The van der Waals surface area contributed by atoms with Crippen molar-refractivity contribution in [2.45, 2.75) is 19.8 Å². The van der Waals surface area contributed by atoms with Crippen LogP contribution in [0.25, 0.3) is 0 Å². The Balaban J connectivity index is 2.81. The Morgan fingerprint density at radius 1 is 1.40 bits per heavy atom. The molecule has 0 aromatic heterocycles. The number of hydrogen-bond acceptors (Lipinski definition) is 1. The van der Waals surface area contributed by atoms with Crippen LogP contribution in [0.4, 0.5) is 0 Å². The predicted molar refractivity (Wildman–Crippen MR) is 63.5 cm³/mol. The van der Waals surface area contributed by atoms with Gasteiger partial charge in [-0.05, 0) is 19.1 Å². The normalized spacial score (nSPS) is 9.27. The van der Waals surface area contributed by atoms with E-state index in [0.29, 0.717) is 28.5 Å². The zero-order chi connectivity index (χ0) is 11.3. The van der Waals surface area contributed by atoms with Gasteiger partial charge in [0.1, 0.15) is 0 Å². The van der Waals surface area contributed by atoms with Crippen molar-refractivity contribution in [3.8, 4) is 11.8 Å². The van der Waals surface area contributed by atoms with Crippen molar-refractivity contribution >= 4 is 29.0 Å². The second kappa shape index (κ2) is 5.80. The van der Waals surface area contributed by atoms with Gasteiger partial charge in [0.05, 0.1) is 10.0 Å². The molecule has 1 aromatic carbocycles. The minimum Gasteiger partial charge on any atom is -0.294 e. The zero-order valence-electron chi connectivity index (χ0n) is 8.31. The fourth-order valence-corrected chi connectivity index (χ4v) is 1.56. The van der Waals surface area contributed by atoms with E-state index in [-0.39, 0.29) is 5.78 Å². The number of carbonyl (C=O) groups excluding carboxylic acids is 1. The number of carbonyl (C=O) groups is 1. The van der Waals surface area contributed by atoms with Gasteiger partial charge in [-0.1, -0.05) is 29.3 Å². The molecule has 0 heterocycles. The molecule has 0 unspecified atom stereocenters. The van der Waals surface area contributed by atoms with Crippen LogP contribution in [-0.4, -0.2) is 5.78 Å². The van der Waals surface area contributed by atoms with Crippen molar-refractivity contribution in [3.63, 3.8) is 0 Å². The molecule has 15 heavy (non-hydrogen) atoms. The largest absolute Gasteiger partial charge is 0.294 e. The van der Waals surface area contributed by atoms with E-state index in [0.717, 1.165) is 0 Å². The first-order valence-corrected chi connectivity index (χ1v) is 5.29. The molecule has 0 N–H and O–H groups in total. The van der Waals surface area contributed by atoms with Crippen LogP contribution in [0.5, 0.6) is 0 Å². The van der Waals surface area contributed by atoms with E-state index >= 15 is 0 Å². The van der Waals surface area contributed by atoms with E-state index < -0.39 is 0 Å². The smallest absolute Gasteiger partial charge is 0.165 e. The molecule has 0 atom stereocenters. The lowest BCUT2D eigenvalue weighted by Crippen LogP contribution is -1.99. The van der Waals surface area contributed by atoms with Crippen LogP contribution in [0.3, 0.4) is 0 Å². The third-order valence-corrected chi connectivity index (χ3v) is 2.72. The van der Waals surface area contributed by atoms with Crippen LogP contribution in [-0.2, 0) is 0 Å². The molecule has 1 rings (SSSR count). The van der Waals surface area contributed by atoms with Crippen molar-refractivity contribution < 1.29 is 4.79 Å². The van der Waals surface area contributed by atoms with Crippen LogP contribution >= 0.6 is 23.2 Å². The van der Waals surface area contributed by atoms with Gasteiger partial charge < -0.3 is 0 Å². The van der Waals surface area contributed by atoms with Gasteiger partial charge in [0.15, 0.2) is 5.78 Å². The Hall–Kier alpha value is -0.970. The predicted octanol–water partition coefficient (Wildman–Crippen LogP) is 3.98. The molecular weight excluding hydrogens is 231 g/mol. The third kappa shape index (κ3) is 3.27. The summed E-state index contributed by atoms with van der Waals surface area (Å²) in [7, 11) is 0. The topological polar surface area (TPSA) is 17.1 Å². The number of halogens is 2. The molecule has 0 aliphatic carbocycles. The van der Waals surface area contributed by atoms with Crippen LogP contribution < -0.4 is 0 Å². The van der Waals surface area contributed by atoms with Crippen molar-refractivity contribution in [1.29, 1.82) is 0 Å². The van der Waals surface area contributed by atoms with Crippen molar-refractivity contribution in [2.75, 3.05) is 0 Å². The molecule has 1 aromatic rings. The first-order valence-electron chi connectivity index (χ1n) is 4.53. The van der Waals surface area contributed by atoms with Gasteiger partial charge in [-0.3, -0.25) is 4.79 Å². The molecular formula is C12H10Cl2O. The second-order valence-electron chi connectivity index (χ2n) is 2.95. The third-order valence-electron chi connectivity index (χ3n) is 1.91. The summed E-state index contributed by atoms with van der Waals surface area (Å²) in [5, 5.41) is 0.734. The maximum atomic E-state index is 11.7.